The second-order valence-electron chi connectivity index (χ2n) is 3.67. The molecule has 0 aliphatic heterocycles. The van der Waals surface area contributed by atoms with Crippen LogP contribution in [0.25, 0.3) is 4.48 Å². The van der Waals surface area contributed by atoms with Crippen molar-refractivity contribution in [1.29, 1.82) is 0 Å². The van der Waals surface area contributed by atoms with E-state index in [1.165, 1.54) is 21.3 Å². The van der Waals surface area contributed by atoms with Crippen LogP contribution in [-0.4, -0.2) is 4.98 Å². The molecule has 0 radical (unpaired) electrons. The van der Waals surface area contributed by atoms with Crippen molar-refractivity contribution >= 4 is 20.4 Å². The Morgan fingerprint density at radius 1 is 1.46 bits per heavy atom. The standard InChI is InChI=1S/C11H12BrN/c1-7(2)8-5-9-10(12)3-4-11(9)13-6-8/h3,5-7H,4H2,1-2H3. The molecular formula is C11H12BrN. The molecule has 2 rings (SSSR count). The van der Waals surface area contributed by atoms with E-state index in [2.05, 4.69) is 46.9 Å². The van der Waals surface area contributed by atoms with Gasteiger partial charge >= 0.3 is 0 Å². The summed E-state index contributed by atoms with van der Waals surface area (Å²) >= 11 is 3.54. The molecule has 13 heavy (non-hydrogen) atoms. The largest absolute Gasteiger partial charge is 0.260 e. The van der Waals surface area contributed by atoms with E-state index in [0.29, 0.717) is 5.92 Å². The van der Waals surface area contributed by atoms with Crippen molar-refractivity contribution in [2.45, 2.75) is 26.2 Å². The average molecular weight is 238 g/mol. The molecule has 1 nitrogen and oxygen atoms in total. The molecule has 0 amide bonds. The number of nitrogens with zero attached hydrogens (tertiary/aromatic N) is 1. The lowest BCUT2D eigenvalue weighted by Gasteiger charge is -2.07. The molecule has 0 fully saturated rings. The van der Waals surface area contributed by atoms with E-state index < -0.39 is 0 Å². The Bertz CT molecular complexity index is 366. The van der Waals surface area contributed by atoms with Gasteiger partial charge in [-0.2, -0.15) is 0 Å². The third-order valence-corrected chi connectivity index (χ3v) is 3.14. The van der Waals surface area contributed by atoms with E-state index in [0.717, 1.165) is 6.42 Å². The molecule has 0 atom stereocenters. The van der Waals surface area contributed by atoms with E-state index in [1.54, 1.807) is 0 Å². The Morgan fingerprint density at radius 3 is 2.92 bits per heavy atom. The molecule has 0 bridgehead atoms. The summed E-state index contributed by atoms with van der Waals surface area (Å²) in [5, 5.41) is 0. The van der Waals surface area contributed by atoms with Crippen LogP contribution in [0.2, 0.25) is 0 Å². The van der Waals surface area contributed by atoms with Crippen molar-refractivity contribution in [2.24, 2.45) is 0 Å². The first-order valence-electron chi connectivity index (χ1n) is 4.53. The Morgan fingerprint density at radius 2 is 2.23 bits per heavy atom. The Balaban J connectivity index is 2.47. The second-order valence-corrected chi connectivity index (χ2v) is 4.53. The molecule has 1 aromatic rings. The van der Waals surface area contributed by atoms with Crippen LogP contribution >= 0.6 is 15.9 Å². The monoisotopic (exact) mass is 237 g/mol. The van der Waals surface area contributed by atoms with E-state index in [9.17, 15) is 0 Å². The number of hydrogen-bond donors (Lipinski definition) is 0. The highest BCUT2D eigenvalue weighted by Gasteiger charge is 2.14. The molecule has 0 unspecified atom stereocenters. The highest BCUT2D eigenvalue weighted by Crippen LogP contribution is 2.32. The number of allylic oxidation sites excluding steroid dienone is 1. The lowest BCUT2D eigenvalue weighted by molar-refractivity contribution is 0.853. The predicted octanol–water partition coefficient (Wildman–Crippen LogP) is 3.50. The summed E-state index contributed by atoms with van der Waals surface area (Å²) in [6.45, 7) is 4.38. The Kier molecular flexibility index (Phi) is 2.24. The van der Waals surface area contributed by atoms with Crippen molar-refractivity contribution in [2.75, 3.05) is 0 Å². The van der Waals surface area contributed by atoms with Crippen molar-refractivity contribution in [1.82, 2.24) is 4.98 Å². The van der Waals surface area contributed by atoms with Crippen LogP contribution in [0.3, 0.4) is 0 Å². The van der Waals surface area contributed by atoms with Gasteiger partial charge in [0.05, 0.1) is 5.69 Å². The average Bonchev–Trinajstić information content (AvgIpc) is 2.47. The third-order valence-electron chi connectivity index (χ3n) is 2.39. The van der Waals surface area contributed by atoms with Gasteiger partial charge in [0.1, 0.15) is 0 Å². The molecule has 1 aliphatic carbocycles. The van der Waals surface area contributed by atoms with Crippen LogP contribution in [0.5, 0.6) is 0 Å². The molecule has 0 saturated heterocycles. The minimum absolute atomic E-state index is 0.554. The van der Waals surface area contributed by atoms with Gasteiger partial charge in [0, 0.05) is 22.7 Å². The zero-order valence-electron chi connectivity index (χ0n) is 7.84. The van der Waals surface area contributed by atoms with Crippen LogP contribution in [0.1, 0.15) is 36.6 Å². The fourth-order valence-corrected chi connectivity index (χ4v) is 2.00. The summed E-state index contributed by atoms with van der Waals surface area (Å²) in [5.41, 5.74) is 3.77. The topological polar surface area (TPSA) is 12.9 Å². The van der Waals surface area contributed by atoms with Crippen LogP contribution in [0.15, 0.2) is 18.3 Å². The van der Waals surface area contributed by atoms with Crippen LogP contribution < -0.4 is 0 Å². The lowest BCUT2D eigenvalue weighted by atomic mass is 10.0. The second kappa shape index (κ2) is 3.26. The maximum Gasteiger partial charge on any atom is 0.0525 e. The highest BCUT2D eigenvalue weighted by molar-refractivity contribution is 9.15. The first kappa shape index (κ1) is 8.95. The first-order chi connectivity index (χ1) is 6.18. The summed E-state index contributed by atoms with van der Waals surface area (Å²) in [5.74, 6) is 0.554. The molecule has 68 valence electrons. The summed E-state index contributed by atoms with van der Waals surface area (Å²) in [6, 6.07) is 2.24. The van der Waals surface area contributed by atoms with E-state index in [-0.39, 0.29) is 0 Å². The Labute approximate surface area is 87.0 Å². The molecule has 1 aliphatic rings. The minimum atomic E-state index is 0.554. The fourth-order valence-electron chi connectivity index (χ4n) is 1.49. The number of fused-ring (bicyclic) bond motifs is 1. The summed E-state index contributed by atoms with van der Waals surface area (Å²) in [4.78, 5) is 4.45. The quantitative estimate of drug-likeness (QED) is 0.729. The summed E-state index contributed by atoms with van der Waals surface area (Å²) in [6.07, 6.45) is 5.12. The predicted molar refractivity (Wildman–Crippen MR) is 58.9 cm³/mol. The van der Waals surface area contributed by atoms with Gasteiger partial charge in [0.25, 0.3) is 0 Å². The molecule has 2 heteroatoms. The number of pyridine rings is 1. The fraction of sp³-hybridized carbons (Fsp3) is 0.364. The van der Waals surface area contributed by atoms with Crippen molar-refractivity contribution in [3.63, 3.8) is 0 Å². The highest BCUT2D eigenvalue weighted by atomic mass is 79.9. The molecular weight excluding hydrogens is 226 g/mol. The molecule has 1 aromatic heterocycles. The summed E-state index contributed by atoms with van der Waals surface area (Å²) in [7, 11) is 0. The normalized spacial score (nSPS) is 14.6. The van der Waals surface area contributed by atoms with E-state index in [1.807, 2.05) is 6.20 Å². The molecule has 0 spiro atoms. The third kappa shape index (κ3) is 1.55. The van der Waals surface area contributed by atoms with Crippen molar-refractivity contribution in [3.05, 3.63) is 35.2 Å². The van der Waals surface area contributed by atoms with Gasteiger partial charge in [0.15, 0.2) is 0 Å². The maximum absolute atomic E-state index is 4.45. The van der Waals surface area contributed by atoms with Gasteiger partial charge in [-0.15, -0.1) is 0 Å². The molecule has 0 N–H and O–H groups in total. The minimum Gasteiger partial charge on any atom is -0.260 e. The number of aromatic nitrogens is 1. The maximum atomic E-state index is 4.45. The van der Waals surface area contributed by atoms with Crippen LogP contribution in [-0.2, 0) is 6.42 Å². The zero-order chi connectivity index (χ0) is 9.42. The van der Waals surface area contributed by atoms with Gasteiger partial charge in [-0.3, -0.25) is 4.98 Å². The van der Waals surface area contributed by atoms with Crippen molar-refractivity contribution < 1.29 is 0 Å². The van der Waals surface area contributed by atoms with Gasteiger partial charge < -0.3 is 0 Å². The van der Waals surface area contributed by atoms with Gasteiger partial charge in [-0.1, -0.05) is 35.9 Å². The van der Waals surface area contributed by atoms with Gasteiger partial charge in [0.2, 0.25) is 0 Å². The molecule has 1 heterocycles. The zero-order valence-corrected chi connectivity index (χ0v) is 9.43. The number of hydrogen-bond acceptors (Lipinski definition) is 1. The number of halogens is 1. The number of rotatable bonds is 1. The molecule has 0 saturated carbocycles. The van der Waals surface area contributed by atoms with E-state index >= 15 is 0 Å². The van der Waals surface area contributed by atoms with Gasteiger partial charge in [-0.05, 0) is 17.5 Å². The van der Waals surface area contributed by atoms with Crippen molar-refractivity contribution in [3.8, 4) is 0 Å². The SMILES string of the molecule is CC(C)c1cnc2c(c1)C(Br)=CC2. The molecule has 0 aromatic carbocycles. The van der Waals surface area contributed by atoms with E-state index in [4.69, 9.17) is 0 Å². The first-order valence-corrected chi connectivity index (χ1v) is 5.32. The van der Waals surface area contributed by atoms with Gasteiger partial charge in [-0.25, -0.2) is 0 Å². The van der Waals surface area contributed by atoms with Crippen LogP contribution in [0, 0.1) is 0 Å². The Hall–Kier alpha value is -0.630. The lowest BCUT2D eigenvalue weighted by Crippen LogP contribution is -1.94. The summed E-state index contributed by atoms with van der Waals surface area (Å²) < 4.78 is 1.19. The van der Waals surface area contributed by atoms with Crippen LogP contribution in [0.4, 0.5) is 0 Å². The smallest absolute Gasteiger partial charge is 0.0525 e.